The van der Waals surface area contributed by atoms with E-state index in [0.717, 1.165) is 17.1 Å². The molecule has 0 aliphatic heterocycles. The average molecular weight is 297 g/mol. The fraction of sp³-hybridized carbons (Fsp3) is 0.647. The van der Waals surface area contributed by atoms with E-state index in [2.05, 4.69) is 45.1 Å². The van der Waals surface area contributed by atoms with Crippen LogP contribution in [0.3, 0.4) is 0 Å². The van der Waals surface area contributed by atoms with Crippen LogP contribution < -0.4 is 11.1 Å². The van der Waals surface area contributed by atoms with Gasteiger partial charge in [-0.15, -0.1) is 0 Å². The Morgan fingerprint density at radius 1 is 1.15 bits per heavy atom. The molecule has 2 nitrogen and oxygen atoms in total. The van der Waals surface area contributed by atoms with E-state index in [4.69, 9.17) is 17.3 Å². The van der Waals surface area contributed by atoms with Crippen molar-refractivity contribution in [3.05, 3.63) is 34.3 Å². The molecule has 0 amide bonds. The first-order valence-electron chi connectivity index (χ1n) is 7.56. The van der Waals surface area contributed by atoms with E-state index in [1.807, 2.05) is 13.0 Å². The second kappa shape index (κ2) is 8.02. The molecule has 0 saturated heterocycles. The lowest BCUT2D eigenvalue weighted by Crippen LogP contribution is -2.35. The van der Waals surface area contributed by atoms with Crippen LogP contribution in [0.1, 0.15) is 44.9 Å². The maximum atomic E-state index is 6.21. The highest BCUT2D eigenvalue weighted by atomic mass is 35.5. The molecule has 114 valence electrons. The molecule has 1 aromatic rings. The Hall–Kier alpha value is -0.570. The number of aryl methyl sites for hydroxylation is 1. The summed E-state index contributed by atoms with van der Waals surface area (Å²) in [5.74, 6) is 2.00. The van der Waals surface area contributed by atoms with Crippen LogP contribution in [-0.2, 0) is 0 Å². The molecule has 0 bridgehead atoms. The fourth-order valence-electron chi connectivity index (χ4n) is 2.68. The molecule has 20 heavy (non-hydrogen) atoms. The van der Waals surface area contributed by atoms with Crippen molar-refractivity contribution < 1.29 is 0 Å². The highest BCUT2D eigenvalue weighted by molar-refractivity contribution is 6.31. The van der Waals surface area contributed by atoms with Crippen molar-refractivity contribution in [1.29, 1.82) is 0 Å². The number of rotatable bonds is 7. The molecular weight excluding hydrogens is 268 g/mol. The summed E-state index contributed by atoms with van der Waals surface area (Å²) in [6, 6.07) is 6.38. The van der Waals surface area contributed by atoms with Crippen molar-refractivity contribution in [3.63, 3.8) is 0 Å². The number of nitrogens with one attached hydrogen (secondary N) is 1. The van der Waals surface area contributed by atoms with Gasteiger partial charge in [-0.1, -0.05) is 51.4 Å². The third kappa shape index (κ3) is 4.76. The summed E-state index contributed by atoms with van der Waals surface area (Å²) >= 11 is 6.21. The highest BCUT2D eigenvalue weighted by Gasteiger charge is 2.19. The van der Waals surface area contributed by atoms with E-state index in [9.17, 15) is 0 Å². The molecule has 1 aromatic carbocycles. The minimum absolute atomic E-state index is 0.174. The van der Waals surface area contributed by atoms with Crippen molar-refractivity contribution in [1.82, 2.24) is 5.32 Å². The fourth-order valence-corrected chi connectivity index (χ4v) is 2.87. The topological polar surface area (TPSA) is 38.0 Å². The van der Waals surface area contributed by atoms with Gasteiger partial charge in [-0.25, -0.2) is 0 Å². The number of hydrogen-bond donors (Lipinski definition) is 2. The number of hydrogen-bond acceptors (Lipinski definition) is 2. The zero-order valence-electron chi connectivity index (χ0n) is 13.4. The van der Waals surface area contributed by atoms with Gasteiger partial charge in [0.1, 0.15) is 0 Å². The summed E-state index contributed by atoms with van der Waals surface area (Å²) in [5.41, 5.74) is 8.21. The summed E-state index contributed by atoms with van der Waals surface area (Å²) in [7, 11) is 0. The van der Waals surface area contributed by atoms with Crippen molar-refractivity contribution in [2.45, 2.75) is 40.7 Å². The van der Waals surface area contributed by atoms with Crippen molar-refractivity contribution in [3.8, 4) is 0 Å². The zero-order chi connectivity index (χ0) is 15.3. The van der Waals surface area contributed by atoms with Gasteiger partial charge in [0.15, 0.2) is 0 Å². The number of halogens is 1. The maximum Gasteiger partial charge on any atom is 0.0445 e. The molecule has 3 heteroatoms. The summed E-state index contributed by atoms with van der Waals surface area (Å²) in [4.78, 5) is 0. The Kier molecular flexibility index (Phi) is 7.01. The molecule has 1 rings (SSSR count). The molecule has 0 aliphatic rings. The first-order chi connectivity index (χ1) is 9.36. The van der Waals surface area contributed by atoms with Crippen LogP contribution >= 0.6 is 11.6 Å². The number of nitrogens with two attached hydrogens (primary N) is 1. The molecule has 1 atom stereocenters. The van der Waals surface area contributed by atoms with Crippen LogP contribution in [0.25, 0.3) is 0 Å². The Morgan fingerprint density at radius 3 is 2.20 bits per heavy atom. The quantitative estimate of drug-likeness (QED) is 0.792. The molecule has 0 saturated carbocycles. The lowest BCUT2D eigenvalue weighted by atomic mass is 9.85. The van der Waals surface area contributed by atoms with E-state index in [-0.39, 0.29) is 6.04 Å². The molecule has 3 N–H and O–H groups in total. The predicted octanol–water partition coefficient (Wildman–Crippen LogP) is 4.17. The van der Waals surface area contributed by atoms with Crippen molar-refractivity contribution >= 4 is 11.6 Å². The lowest BCUT2D eigenvalue weighted by Gasteiger charge is -2.28. The second-order valence-electron chi connectivity index (χ2n) is 6.36. The number of benzene rings is 1. The summed E-state index contributed by atoms with van der Waals surface area (Å²) in [6.45, 7) is 12.7. The summed E-state index contributed by atoms with van der Waals surface area (Å²) < 4.78 is 0. The molecule has 0 heterocycles. The maximum absolute atomic E-state index is 6.21. The van der Waals surface area contributed by atoms with E-state index < -0.39 is 0 Å². The molecule has 0 aliphatic carbocycles. The van der Waals surface area contributed by atoms with Gasteiger partial charge in [-0.2, -0.15) is 0 Å². The van der Waals surface area contributed by atoms with Gasteiger partial charge >= 0.3 is 0 Å². The third-order valence-electron chi connectivity index (χ3n) is 4.15. The van der Waals surface area contributed by atoms with Gasteiger partial charge < -0.3 is 11.1 Å². The predicted molar refractivity (Wildman–Crippen MR) is 89.2 cm³/mol. The van der Waals surface area contributed by atoms with E-state index in [1.165, 1.54) is 5.56 Å². The van der Waals surface area contributed by atoms with Crippen LogP contribution in [0.4, 0.5) is 0 Å². The van der Waals surface area contributed by atoms with Gasteiger partial charge in [0.05, 0.1) is 0 Å². The molecule has 0 fully saturated rings. The van der Waals surface area contributed by atoms with Gasteiger partial charge in [0, 0.05) is 17.6 Å². The van der Waals surface area contributed by atoms with Gasteiger partial charge in [0.25, 0.3) is 0 Å². The third-order valence-corrected chi connectivity index (χ3v) is 4.55. The van der Waals surface area contributed by atoms with Crippen LogP contribution in [-0.4, -0.2) is 13.1 Å². The normalized spacial score (nSPS) is 13.5. The second-order valence-corrected chi connectivity index (χ2v) is 6.76. The Labute approximate surface area is 129 Å². The monoisotopic (exact) mass is 296 g/mol. The van der Waals surface area contributed by atoms with Crippen LogP contribution in [0, 0.1) is 24.7 Å². The Bertz CT molecular complexity index is 407. The minimum atomic E-state index is 0.174. The zero-order valence-corrected chi connectivity index (χ0v) is 14.2. The molecular formula is C17H29ClN2. The standard InChI is InChI=1S/C17H29ClN2/c1-11(2)15(12(3)4)10-20-17(9-19)14-7-6-13(5)16(18)8-14/h6-8,11-12,15,17,20H,9-10,19H2,1-5H3. The van der Waals surface area contributed by atoms with E-state index in [1.54, 1.807) is 0 Å². The largest absolute Gasteiger partial charge is 0.329 e. The Balaban J connectivity index is 2.74. The summed E-state index contributed by atoms with van der Waals surface area (Å²) in [5, 5.41) is 4.42. The molecule has 0 spiro atoms. The van der Waals surface area contributed by atoms with Crippen LogP contribution in [0.5, 0.6) is 0 Å². The SMILES string of the molecule is Cc1ccc(C(CN)NCC(C(C)C)C(C)C)cc1Cl. The van der Waals surface area contributed by atoms with Gasteiger partial charge in [0.2, 0.25) is 0 Å². The van der Waals surface area contributed by atoms with Crippen molar-refractivity contribution in [2.24, 2.45) is 23.5 Å². The van der Waals surface area contributed by atoms with E-state index >= 15 is 0 Å². The van der Waals surface area contributed by atoms with E-state index in [0.29, 0.717) is 24.3 Å². The minimum Gasteiger partial charge on any atom is -0.329 e. The first kappa shape index (κ1) is 17.5. The first-order valence-corrected chi connectivity index (χ1v) is 7.94. The van der Waals surface area contributed by atoms with Crippen molar-refractivity contribution in [2.75, 3.05) is 13.1 Å². The average Bonchev–Trinajstić information content (AvgIpc) is 2.37. The van der Waals surface area contributed by atoms with Gasteiger partial charge in [-0.05, 0) is 48.4 Å². The highest BCUT2D eigenvalue weighted by Crippen LogP contribution is 2.23. The molecule has 0 radical (unpaired) electrons. The van der Waals surface area contributed by atoms with Crippen LogP contribution in [0.2, 0.25) is 5.02 Å². The molecule has 0 aromatic heterocycles. The summed E-state index contributed by atoms with van der Waals surface area (Å²) in [6.07, 6.45) is 0. The molecule has 1 unspecified atom stereocenters. The Morgan fingerprint density at radius 2 is 1.75 bits per heavy atom. The van der Waals surface area contributed by atoms with Crippen LogP contribution in [0.15, 0.2) is 18.2 Å². The smallest absolute Gasteiger partial charge is 0.0445 e. The lowest BCUT2D eigenvalue weighted by molar-refractivity contribution is 0.266. The van der Waals surface area contributed by atoms with Gasteiger partial charge in [-0.3, -0.25) is 0 Å².